The van der Waals surface area contributed by atoms with Crippen molar-refractivity contribution >= 4 is 21.7 Å². The van der Waals surface area contributed by atoms with Crippen LogP contribution in [0.3, 0.4) is 0 Å². The highest BCUT2D eigenvalue weighted by Crippen LogP contribution is 2.28. The number of hydrogen-bond acceptors (Lipinski definition) is 3. The summed E-state index contributed by atoms with van der Waals surface area (Å²) >= 11 is 0. The van der Waals surface area contributed by atoms with Crippen LogP contribution in [0.5, 0.6) is 0 Å². The van der Waals surface area contributed by atoms with E-state index in [1.165, 1.54) is 36.4 Å². The zero-order valence-corrected chi connectivity index (χ0v) is 11.7. The normalized spacial score (nSPS) is 18.5. The van der Waals surface area contributed by atoms with Gasteiger partial charge in [-0.2, -0.15) is 0 Å². The summed E-state index contributed by atoms with van der Waals surface area (Å²) in [6.07, 6.45) is 1.43. The molecule has 0 saturated heterocycles. The second kappa shape index (κ2) is 4.93. The number of ketones is 1. The van der Waals surface area contributed by atoms with Crippen molar-refractivity contribution in [3.63, 3.8) is 0 Å². The molecule has 106 valence electrons. The Labute approximate surface area is 121 Å². The fraction of sp³-hybridized carbons (Fsp3) is 0.0625. The molecule has 0 saturated carbocycles. The Balaban J connectivity index is 2.13. The van der Waals surface area contributed by atoms with Gasteiger partial charge in [0.05, 0.1) is 10.6 Å². The minimum atomic E-state index is -3.54. The Morgan fingerprint density at radius 2 is 1.81 bits per heavy atom. The molecule has 0 fully saturated rings. The van der Waals surface area contributed by atoms with Crippen molar-refractivity contribution in [1.82, 2.24) is 0 Å². The predicted octanol–water partition coefficient (Wildman–Crippen LogP) is 2.88. The van der Waals surface area contributed by atoms with Crippen molar-refractivity contribution < 1.29 is 17.6 Å². The number of hydrogen-bond donors (Lipinski definition) is 0. The van der Waals surface area contributed by atoms with Gasteiger partial charge in [-0.3, -0.25) is 4.79 Å². The molecule has 0 atom stereocenters. The number of benzene rings is 2. The quantitative estimate of drug-likeness (QED) is 0.761. The first-order valence-electron chi connectivity index (χ1n) is 6.30. The first-order valence-corrected chi connectivity index (χ1v) is 7.95. The van der Waals surface area contributed by atoms with Crippen LogP contribution in [-0.2, 0) is 9.84 Å². The molecule has 0 bridgehead atoms. The maximum absolute atomic E-state index is 13.2. The van der Waals surface area contributed by atoms with Gasteiger partial charge < -0.3 is 0 Å². The Morgan fingerprint density at radius 3 is 2.57 bits per heavy atom. The van der Waals surface area contributed by atoms with E-state index in [-0.39, 0.29) is 27.6 Å². The van der Waals surface area contributed by atoms with Gasteiger partial charge in [0.2, 0.25) is 0 Å². The average Bonchev–Trinajstić information content (AvgIpc) is 2.44. The second-order valence-electron chi connectivity index (χ2n) is 4.81. The number of carbonyl (C=O) groups is 1. The van der Waals surface area contributed by atoms with E-state index >= 15 is 0 Å². The number of sulfone groups is 1. The van der Waals surface area contributed by atoms with Gasteiger partial charge in [-0.1, -0.05) is 24.3 Å². The fourth-order valence-electron chi connectivity index (χ4n) is 2.35. The number of rotatable bonds is 1. The van der Waals surface area contributed by atoms with E-state index in [1.807, 2.05) is 0 Å². The molecule has 5 heteroatoms. The summed E-state index contributed by atoms with van der Waals surface area (Å²) in [4.78, 5) is 12.4. The summed E-state index contributed by atoms with van der Waals surface area (Å²) in [6, 6.07) is 11.8. The maximum Gasteiger partial charge on any atom is 0.191 e. The molecule has 0 N–H and O–H groups in total. The molecule has 1 aliphatic heterocycles. The van der Waals surface area contributed by atoms with Crippen LogP contribution in [-0.4, -0.2) is 20.0 Å². The van der Waals surface area contributed by atoms with Crippen LogP contribution in [0.25, 0.3) is 6.08 Å². The third kappa shape index (κ3) is 2.52. The Kier molecular flexibility index (Phi) is 3.22. The molecule has 0 aliphatic carbocycles. The van der Waals surface area contributed by atoms with E-state index in [1.54, 1.807) is 18.2 Å². The van der Waals surface area contributed by atoms with E-state index in [4.69, 9.17) is 0 Å². The highest BCUT2D eigenvalue weighted by Gasteiger charge is 2.32. The number of halogens is 1. The SMILES string of the molecule is O=C1C(=Cc2cccc(F)c2)CS(=O)(=O)c2ccccc21. The van der Waals surface area contributed by atoms with E-state index < -0.39 is 15.7 Å². The lowest BCUT2D eigenvalue weighted by Gasteiger charge is -2.17. The monoisotopic (exact) mass is 302 g/mol. The second-order valence-corrected chi connectivity index (χ2v) is 6.77. The lowest BCUT2D eigenvalue weighted by Crippen LogP contribution is -2.24. The minimum absolute atomic E-state index is 0.0615. The highest BCUT2D eigenvalue weighted by molar-refractivity contribution is 7.91. The molecular weight excluding hydrogens is 291 g/mol. The van der Waals surface area contributed by atoms with Gasteiger partial charge in [-0.15, -0.1) is 0 Å². The van der Waals surface area contributed by atoms with Gasteiger partial charge in [0.15, 0.2) is 15.6 Å². The van der Waals surface area contributed by atoms with E-state index in [9.17, 15) is 17.6 Å². The van der Waals surface area contributed by atoms with Gasteiger partial charge in [-0.05, 0) is 35.9 Å². The summed E-state index contributed by atoms with van der Waals surface area (Å²) in [6.45, 7) is 0. The summed E-state index contributed by atoms with van der Waals surface area (Å²) in [5.41, 5.74) is 0.790. The predicted molar refractivity (Wildman–Crippen MR) is 77.2 cm³/mol. The van der Waals surface area contributed by atoms with Crippen LogP contribution in [0.1, 0.15) is 15.9 Å². The smallest absolute Gasteiger partial charge is 0.191 e. The van der Waals surface area contributed by atoms with Gasteiger partial charge in [0.25, 0.3) is 0 Å². The number of Topliss-reactive ketones (excluding diaryl/α,β-unsaturated/α-hetero) is 1. The molecule has 21 heavy (non-hydrogen) atoms. The maximum atomic E-state index is 13.2. The molecular formula is C16H11FO3S. The molecule has 0 amide bonds. The lowest BCUT2D eigenvalue weighted by atomic mass is 10.0. The molecule has 3 rings (SSSR count). The molecule has 1 heterocycles. The molecule has 0 unspecified atom stereocenters. The van der Waals surface area contributed by atoms with E-state index in [0.717, 1.165) is 0 Å². The van der Waals surface area contributed by atoms with Crippen molar-refractivity contribution in [2.45, 2.75) is 4.90 Å². The van der Waals surface area contributed by atoms with Crippen LogP contribution in [0.4, 0.5) is 4.39 Å². The molecule has 2 aromatic rings. The minimum Gasteiger partial charge on any atom is -0.289 e. The Bertz CT molecular complexity index is 867. The van der Waals surface area contributed by atoms with Gasteiger partial charge in [0.1, 0.15) is 5.82 Å². The molecule has 1 aliphatic rings. The van der Waals surface area contributed by atoms with E-state index in [0.29, 0.717) is 5.56 Å². The molecule has 3 nitrogen and oxygen atoms in total. The molecule has 0 spiro atoms. The number of fused-ring (bicyclic) bond motifs is 1. The van der Waals surface area contributed by atoms with Crippen LogP contribution in [0.15, 0.2) is 59.0 Å². The van der Waals surface area contributed by atoms with Crippen LogP contribution in [0.2, 0.25) is 0 Å². The first-order chi connectivity index (χ1) is 9.97. The average molecular weight is 302 g/mol. The van der Waals surface area contributed by atoms with Crippen molar-refractivity contribution in [2.24, 2.45) is 0 Å². The molecule has 0 radical (unpaired) electrons. The third-order valence-corrected chi connectivity index (χ3v) is 5.01. The van der Waals surface area contributed by atoms with Crippen molar-refractivity contribution in [2.75, 3.05) is 5.75 Å². The lowest BCUT2D eigenvalue weighted by molar-refractivity contribution is 0.103. The van der Waals surface area contributed by atoms with Gasteiger partial charge in [0, 0.05) is 11.1 Å². The summed E-state index contributed by atoms with van der Waals surface area (Å²) < 4.78 is 37.6. The summed E-state index contributed by atoms with van der Waals surface area (Å²) in [5.74, 6) is -1.13. The van der Waals surface area contributed by atoms with E-state index in [2.05, 4.69) is 0 Å². The van der Waals surface area contributed by atoms with Gasteiger partial charge in [-0.25, -0.2) is 12.8 Å². The first kappa shape index (κ1) is 13.7. The number of carbonyl (C=O) groups excluding carboxylic acids is 1. The van der Waals surface area contributed by atoms with Gasteiger partial charge >= 0.3 is 0 Å². The van der Waals surface area contributed by atoms with Crippen LogP contribution in [0, 0.1) is 5.82 Å². The highest BCUT2D eigenvalue weighted by atomic mass is 32.2. The zero-order valence-electron chi connectivity index (χ0n) is 10.9. The summed E-state index contributed by atoms with van der Waals surface area (Å²) in [5, 5.41) is 0. The molecule has 0 aromatic heterocycles. The Hall–Kier alpha value is -2.27. The van der Waals surface area contributed by atoms with Crippen LogP contribution < -0.4 is 0 Å². The van der Waals surface area contributed by atoms with Crippen molar-refractivity contribution in [1.29, 1.82) is 0 Å². The third-order valence-electron chi connectivity index (χ3n) is 3.29. The van der Waals surface area contributed by atoms with Crippen molar-refractivity contribution in [3.8, 4) is 0 Å². The largest absolute Gasteiger partial charge is 0.289 e. The zero-order chi connectivity index (χ0) is 15.0. The molecule has 2 aromatic carbocycles. The van der Waals surface area contributed by atoms with Crippen LogP contribution >= 0.6 is 0 Å². The van der Waals surface area contributed by atoms with Crippen molar-refractivity contribution in [3.05, 3.63) is 71.0 Å². The standard InChI is InChI=1S/C16H11FO3S/c17-13-5-3-4-11(9-13)8-12-10-21(19,20)15-7-2-1-6-14(15)16(12)18/h1-9H,10H2. The fourth-order valence-corrected chi connectivity index (χ4v) is 3.91. The topological polar surface area (TPSA) is 51.2 Å². The summed E-state index contributed by atoms with van der Waals surface area (Å²) in [7, 11) is -3.54. The Morgan fingerprint density at radius 1 is 1.05 bits per heavy atom.